The molecule has 7 aliphatic carbocycles. The Labute approximate surface area is 367 Å². The second-order valence-electron chi connectivity index (χ2n) is 22.8. The van der Waals surface area contributed by atoms with Crippen LogP contribution in [0, 0.1) is 50.7 Å². The predicted octanol–water partition coefficient (Wildman–Crippen LogP) is 13.0. The third-order valence-corrected chi connectivity index (χ3v) is 20.4. The van der Waals surface area contributed by atoms with Crippen LogP contribution in [0.2, 0.25) is 0 Å². The molecule has 11 atom stereocenters. The monoisotopic (exact) mass is 823 g/mol. The van der Waals surface area contributed by atoms with Crippen molar-refractivity contribution in [3.05, 3.63) is 87.5 Å². The minimum atomic E-state index is -0.961. The molecule has 4 nitrogen and oxygen atoms in total. The second kappa shape index (κ2) is 14.3. The van der Waals surface area contributed by atoms with E-state index in [4.69, 9.17) is 0 Å². The highest BCUT2D eigenvalue weighted by Crippen LogP contribution is 2.88. The van der Waals surface area contributed by atoms with Crippen LogP contribution in [0.5, 0.6) is 0 Å². The lowest BCUT2D eigenvalue weighted by Gasteiger charge is -2.75. The van der Waals surface area contributed by atoms with Gasteiger partial charge >= 0.3 is 0 Å². The molecule has 0 aromatic heterocycles. The minimum absolute atomic E-state index is 0.116. The van der Waals surface area contributed by atoms with E-state index in [0.717, 1.165) is 69.8 Å². The quantitative estimate of drug-likeness (QED) is 0.177. The number of carbonyl (C=O) groups is 4. The number of ketones is 3. The fraction of sp³-hybridized carbons (Fsp3) is 0.649. The Morgan fingerprint density at radius 1 is 0.836 bits per heavy atom. The zero-order valence-corrected chi connectivity index (χ0v) is 39.3. The number of aldehydes is 1. The summed E-state index contributed by atoms with van der Waals surface area (Å²) in [6, 6.07) is 13.9. The van der Waals surface area contributed by atoms with Gasteiger partial charge in [0, 0.05) is 41.4 Å². The first-order valence-electron chi connectivity index (χ1n) is 24.6. The van der Waals surface area contributed by atoms with Crippen LogP contribution < -0.4 is 0 Å². The van der Waals surface area contributed by atoms with Gasteiger partial charge in [-0.25, -0.2) is 0 Å². The van der Waals surface area contributed by atoms with E-state index in [1.54, 1.807) is 6.92 Å². The Morgan fingerprint density at radius 2 is 1.56 bits per heavy atom. The predicted molar refractivity (Wildman–Crippen MR) is 246 cm³/mol. The Hall–Kier alpha value is -3.40. The van der Waals surface area contributed by atoms with E-state index in [9.17, 15) is 9.59 Å². The standard InChI is InChI=1S/C57H74O4/c1-11-38-28-43-46(30-44(38)56(50(61)13-3)33-37-27-36(31-51(6,7)32-37)21-22-42-41-20-16-15-18-39(41)29-45(42)56)57-25-23-40-19-17-24-55(14-4,53(40,57)9)48(26-35(5)59)52(8,49(60)12-2)54(57,10)47(43)34-58/h15-18,20,24,28,30,34,36-37,40,47-48H,11-14,19,21-23,25-27,29,31-33H2,1-10H3/t36-,37?,40?,47?,48-,52+,53-,54-,55?,56?,57+/m0/s1. The van der Waals surface area contributed by atoms with Gasteiger partial charge in [-0.15, -0.1) is 0 Å². The van der Waals surface area contributed by atoms with E-state index in [1.807, 2.05) is 6.92 Å². The molecule has 2 aromatic rings. The number of carbonyl (C=O) groups excluding carboxylic acids is 4. The highest BCUT2D eigenvalue weighted by atomic mass is 16.1. The molecule has 1 spiro atoms. The van der Waals surface area contributed by atoms with E-state index in [-0.39, 0.29) is 28.3 Å². The van der Waals surface area contributed by atoms with Gasteiger partial charge in [-0.2, -0.15) is 0 Å². The van der Waals surface area contributed by atoms with Crippen LogP contribution in [0.4, 0.5) is 0 Å². The Balaban J connectivity index is 1.41. The highest BCUT2D eigenvalue weighted by molar-refractivity contribution is 5.99. The van der Waals surface area contributed by atoms with Crippen LogP contribution in [-0.4, -0.2) is 23.6 Å². The molecule has 0 heterocycles. The van der Waals surface area contributed by atoms with Gasteiger partial charge in [-0.05, 0) is 168 Å². The molecule has 326 valence electrons. The SMILES string of the molecule is CCC(=O)C1(c2cc3c(cc2CC)C(C=O)[C@]2(C)[C@]34CCC3CC=CC(CC)([C@@H](CC(C)=O)[C@]2(C)C(=O)CC)[C@]34C)CC2C[C@H](CCC3=C1Cc1ccccc13)CC(C)(C)C2. The van der Waals surface area contributed by atoms with Gasteiger partial charge in [0.2, 0.25) is 0 Å². The number of allylic oxidation sites excluding steroid dienone is 4. The molecule has 0 N–H and O–H groups in total. The van der Waals surface area contributed by atoms with Crippen molar-refractivity contribution in [3.63, 3.8) is 0 Å². The first-order chi connectivity index (χ1) is 29.0. The van der Waals surface area contributed by atoms with Crippen molar-refractivity contribution in [2.24, 2.45) is 50.7 Å². The summed E-state index contributed by atoms with van der Waals surface area (Å²) in [6.07, 6.45) is 19.0. The Morgan fingerprint density at radius 3 is 2.23 bits per heavy atom. The van der Waals surface area contributed by atoms with E-state index < -0.39 is 33.0 Å². The molecule has 0 radical (unpaired) electrons. The van der Waals surface area contributed by atoms with Crippen molar-refractivity contribution in [2.45, 2.75) is 182 Å². The van der Waals surface area contributed by atoms with Gasteiger partial charge in [0.1, 0.15) is 23.6 Å². The number of hydrogen-bond acceptors (Lipinski definition) is 4. The van der Waals surface area contributed by atoms with E-state index in [2.05, 4.69) is 104 Å². The van der Waals surface area contributed by atoms with Gasteiger partial charge in [0.15, 0.2) is 0 Å². The molecule has 0 aliphatic heterocycles. The summed E-state index contributed by atoms with van der Waals surface area (Å²) in [7, 11) is 0. The molecule has 2 bridgehead atoms. The van der Waals surface area contributed by atoms with Crippen LogP contribution in [0.25, 0.3) is 5.57 Å². The average molecular weight is 823 g/mol. The number of benzene rings is 2. The van der Waals surface area contributed by atoms with Crippen molar-refractivity contribution in [2.75, 3.05) is 0 Å². The summed E-state index contributed by atoms with van der Waals surface area (Å²) >= 11 is 0. The lowest BCUT2D eigenvalue weighted by Crippen LogP contribution is -2.75. The number of aryl methyl sites for hydroxylation is 1. The van der Waals surface area contributed by atoms with Crippen LogP contribution >= 0.6 is 0 Å². The second-order valence-corrected chi connectivity index (χ2v) is 22.8. The summed E-state index contributed by atoms with van der Waals surface area (Å²) < 4.78 is 0. The van der Waals surface area contributed by atoms with Gasteiger partial charge in [-0.3, -0.25) is 9.59 Å². The van der Waals surface area contributed by atoms with Gasteiger partial charge in [-0.1, -0.05) is 111 Å². The summed E-state index contributed by atoms with van der Waals surface area (Å²) in [5.41, 5.74) is 6.53. The van der Waals surface area contributed by atoms with Crippen molar-refractivity contribution >= 4 is 29.2 Å². The van der Waals surface area contributed by atoms with E-state index >= 15 is 9.59 Å². The fourth-order valence-corrected chi connectivity index (χ4v) is 18.4. The molecule has 0 saturated heterocycles. The summed E-state index contributed by atoms with van der Waals surface area (Å²) in [6.45, 7) is 22.3. The number of hydrogen-bond donors (Lipinski definition) is 0. The zero-order valence-electron chi connectivity index (χ0n) is 39.3. The fourth-order valence-electron chi connectivity index (χ4n) is 18.4. The molecule has 3 saturated carbocycles. The van der Waals surface area contributed by atoms with Crippen LogP contribution in [0.3, 0.4) is 0 Å². The lowest BCUT2D eigenvalue weighted by molar-refractivity contribution is -0.235. The van der Waals surface area contributed by atoms with Gasteiger partial charge in [0.05, 0.1) is 5.41 Å². The van der Waals surface area contributed by atoms with Crippen molar-refractivity contribution in [1.82, 2.24) is 0 Å². The van der Waals surface area contributed by atoms with Crippen LogP contribution in [-0.2, 0) is 42.8 Å². The molecule has 0 amide bonds. The van der Waals surface area contributed by atoms with Crippen LogP contribution in [0.15, 0.2) is 54.1 Å². The molecular weight excluding hydrogens is 749 g/mol. The first kappa shape index (κ1) is 42.9. The molecule has 61 heavy (non-hydrogen) atoms. The summed E-state index contributed by atoms with van der Waals surface area (Å²) in [5.74, 6) is 1.27. The van der Waals surface area contributed by atoms with Crippen molar-refractivity contribution < 1.29 is 19.2 Å². The van der Waals surface area contributed by atoms with Gasteiger partial charge in [0.25, 0.3) is 0 Å². The summed E-state index contributed by atoms with van der Waals surface area (Å²) in [4.78, 5) is 59.2. The minimum Gasteiger partial charge on any atom is -0.303 e. The number of Topliss-reactive ketones (excluding diaryl/α,β-unsaturated/α-hetero) is 3. The van der Waals surface area contributed by atoms with Crippen molar-refractivity contribution in [3.8, 4) is 0 Å². The van der Waals surface area contributed by atoms with Crippen molar-refractivity contribution in [1.29, 1.82) is 0 Å². The average Bonchev–Trinajstić information content (AvgIpc) is 3.85. The zero-order chi connectivity index (χ0) is 43.7. The van der Waals surface area contributed by atoms with E-state index in [1.165, 1.54) is 58.1 Å². The topological polar surface area (TPSA) is 68.3 Å². The molecular formula is C57H74O4. The smallest absolute Gasteiger partial charge is 0.147 e. The number of rotatable bonds is 10. The third kappa shape index (κ3) is 5.12. The molecule has 2 aromatic carbocycles. The summed E-state index contributed by atoms with van der Waals surface area (Å²) in [5, 5.41) is 0. The largest absolute Gasteiger partial charge is 0.303 e. The molecule has 3 fully saturated rings. The molecule has 9 rings (SSSR count). The maximum atomic E-state index is 15.9. The Kier molecular flexibility index (Phi) is 10.1. The van der Waals surface area contributed by atoms with E-state index in [0.29, 0.717) is 42.8 Å². The van der Waals surface area contributed by atoms with Crippen LogP contribution in [0.1, 0.15) is 192 Å². The number of fused-ring (bicyclic) bond motifs is 5. The van der Waals surface area contributed by atoms with Gasteiger partial charge < -0.3 is 9.59 Å². The Bertz CT molecular complexity index is 2270. The molecule has 4 heteroatoms. The first-order valence-corrected chi connectivity index (χ1v) is 24.6. The molecule has 7 aliphatic rings. The normalized spacial score (nSPS) is 40.1. The third-order valence-electron chi connectivity index (χ3n) is 20.4. The maximum Gasteiger partial charge on any atom is 0.147 e. The maximum absolute atomic E-state index is 15.9. The highest BCUT2D eigenvalue weighted by Gasteiger charge is 2.85. The lowest BCUT2D eigenvalue weighted by atomic mass is 9.26. The molecule has 5 unspecified atom stereocenters.